The molecular weight excluding hydrogens is 452 g/mol. The number of halogens is 2. The Bertz CT molecular complexity index is 1090. The first kappa shape index (κ1) is 26.8. The Balaban J connectivity index is 1.93. The first-order valence-corrected chi connectivity index (χ1v) is 11.9. The van der Waals surface area contributed by atoms with E-state index >= 15 is 0 Å². The quantitative estimate of drug-likeness (QED) is 0.379. The van der Waals surface area contributed by atoms with Gasteiger partial charge in [0.25, 0.3) is 0 Å². The highest BCUT2D eigenvalue weighted by atomic mass is 19.1. The summed E-state index contributed by atoms with van der Waals surface area (Å²) in [7, 11) is 0. The number of hydrogen-bond donors (Lipinski definition) is 1. The van der Waals surface area contributed by atoms with E-state index < -0.39 is 11.9 Å². The van der Waals surface area contributed by atoms with E-state index in [0.29, 0.717) is 30.4 Å². The number of aryl methyl sites for hydroxylation is 1. The lowest BCUT2D eigenvalue weighted by atomic mass is 10.2. The van der Waals surface area contributed by atoms with Gasteiger partial charge in [0.15, 0.2) is 0 Å². The van der Waals surface area contributed by atoms with Gasteiger partial charge >= 0.3 is 0 Å². The van der Waals surface area contributed by atoms with Crippen LogP contribution in [0.25, 0.3) is 5.69 Å². The fourth-order valence-corrected chi connectivity index (χ4v) is 3.70. The first-order valence-electron chi connectivity index (χ1n) is 11.9. The van der Waals surface area contributed by atoms with Crippen LogP contribution in [0.2, 0.25) is 0 Å². The molecule has 2 aromatic carbocycles. The van der Waals surface area contributed by atoms with E-state index in [4.69, 9.17) is 9.47 Å². The molecule has 1 unspecified atom stereocenters. The number of ether oxygens (including phenoxy) is 2. The molecule has 0 saturated heterocycles. The molecule has 0 saturated carbocycles. The largest absolute Gasteiger partial charge is 0.438 e. The molecule has 0 fully saturated rings. The highest BCUT2D eigenvalue weighted by Crippen LogP contribution is 2.32. The van der Waals surface area contributed by atoms with Gasteiger partial charge in [-0.1, -0.05) is 13.0 Å². The summed E-state index contributed by atoms with van der Waals surface area (Å²) in [6, 6.07) is 11.8. The molecule has 0 amide bonds. The van der Waals surface area contributed by atoms with Crippen molar-refractivity contribution < 1.29 is 23.4 Å². The highest BCUT2D eigenvalue weighted by Gasteiger charge is 2.23. The first-order chi connectivity index (χ1) is 16.6. The number of nitrogens with zero attached hydrogens (tertiary/aromatic N) is 3. The maximum Gasteiger partial charge on any atom is 0.227 e. The average molecular weight is 488 g/mol. The lowest BCUT2D eigenvalue weighted by Gasteiger charge is -2.27. The van der Waals surface area contributed by atoms with Crippen molar-refractivity contribution in [1.29, 1.82) is 0 Å². The molecule has 8 heteroatoms. The summed E-state index contributed by atoms with van der Waals surface area (Å²) in [4.78, 5) is 2.12. The predicted molar refractivity (Wildman–Crippen MR) is 132 cm³/mol. The van der Waals surface area contributed by atoms with Crippen molar-refractivity contribution in [2.24, 2.45) is 0 Å². The van der Waals surface area contributed by atoms with Gasteiger partial charge in [-0.2, -0.15) is 5.10 Å². The lowest BCUT2D eigenvalue weighted by molar-refractivity contribution is -0.0567. The van der Waals surface area contributed by atoms with Gasteiger partial charge in [-0.15, -0.1) is 0 Å². The Kier molecular flexibility index (Phi) is 8.99. The second kappa shape index (κ2) is 11.7. The molecule has 3 aromatic rings. The van der Waals surface area contributed by atoms with Gasteiger partial charge in [-0.05, 0) is 77.1 Å². The molecule has 6 nitrogen and oxygen atoms in total. The summed E-state index contributed by atoms with van der Waals surface area (Å²) in [6.07, 6.45) is 0.221. The molecule has 1 heterocycles. The number of aliphatic hydroxyl groups excluding tert-OH is 1. The molecule has 0 aliphatic rings. The van der Waals surface area contributed by atoms with E-state index in [2.05, 4.69) is 16.9 Å². The summed E-state index contributed by atoms with van der Waals surface area (Å²) >= 11 is 0. The Labute approximate surface area is 206 Å². The van der Waals surface area contributed by atoms with Gasteiger partial charge < -0.3 is 14.6 Å². The van der Waals surface area contributed by atoms with Gasteiger partial charge in [0, 0.05) is 19.2 Å². The molecule has 0 bridgehead atoms. The molecule has 0 aliphatic carbocycles. The Morgan fingerprint density at radius 2 is 1.80 bits per heavy atom. The normalized spacial score (nSPS) is 12.8. The molecule has 1 aromatic heterocycles. The number of aliphatic hydroxyl groups is 1. The van der Waals surface area contributed by atoms with E-state index in [0.717, 1.165) is 24.2 Å². The minimum Gasteiger partial charge on any atom is -0.438 e. The highest BCUT2D eigenvalue weighted by molar-refractivity contribution is 5.43. The summed E-state index contributed by atoms with van der Waals surface area (Å²) in [6.45, 7) is 11.6. The van der Waals surface area contributed by atoms with Crippen molar-refractivity contribution >= 4 is 0 Å². The molecule has 0 radical (unpaired) electrons. The fraction of sp³-hybridized carbons (Fsp3) is 0.444. The van der Waals surface area contributed by atoms with E-state index in [1.807, 2.05) is 27.7 Å². The zero-order valence-corrected chi connectivity index (χ0v) is 21.1. The molecule has 0 aliphatic heterocycles. The summed E-state index contributed by atoms with van der Waals surface area (Å²) in [5.41, 5.74) is 1.81. The number of hydrogen-bond acceptors (Lipinski definition) is 5. The van der Waals surface area contributed by atoms with Gasteiger partial charge in [0.1, 0.15) is 17.4 Å². The molecule has 1 N–H and O–H groups in total. The predicted octanol–water partition coefficient (Wildman–Crippen LogP) is 5.64. The third kappa shape index (κ3) is 7.85. The minimum absolute atomic E-state index is 0.226. The third-order valence-electron chi connectivity index (χ3n) is 5.32. The standard InChI is InChI=1S/C27H35F2N3O3/c1-6-14-31(16-23(33)18-34-27(3,4)5)17-25-19(2)30-32(22-12-10-20(28)11-13-22)26(25)35-24-9-7-8-21(29)15-24/h7-13,15,23,33H,6,14,16-18H2,1-5H3. The fourth-order valence-electron chi connectivity index (χ4n) is 3.70. The van der Waals surface area contributed by atoms with E-state index in [-0.39, 0.29) is 18.0 Å². The van der Waals surface area contributed by atoms with Crippen molar-refractivity contribution in [2.45, 2.75) is 59.3 Å². The molecular formula is C27H35F2N3O3. The van der Waals surface area contributed by atoms with Crippen molar-refractivity contribution in [3.8, 4) is 17.3 Å². The third-order valence-corrected chi connectivity index (χ3v) is 5.32. The molecule has 35 heavy (non-hydrogen) atoms. The second-order valence-corrected chi connectivity index (χ2v) is 9.63. The summed E-state index contributed by atoms with van der Waals surface area (Å²) < 4.78 is 40.9. The molecule has 3 rings (SSSR count). The van der Waals surface area contributed by atoms with E-state index in [9.17, 15) is 13.9 Å². The smallest absolute Gasteiger partial charge is 0.227 e. The van der Waals surface area contributed by atoms with Gasteiger partial charge in [-0.3, -0.25) is 4.90 Å². The number of benzene rings is 2. The average Bonchev–Trinajstić information content (AvgIpc) is 3.07. The van der Waals surface area contributed by atoms with Crippen LogP contribution in [0.3, 0.4) is 0 Å². The second-order valence-electron chi connectivity index (χ2n) is 9.63. The topological polar surface area (TPSA) is 59.8 Å². The van der Waals surface area contributed by atoms with Crippen LogP contribution in [0, 0.1) is 18.6 Å². The Hall–Kier alpha value is -2.81. The van der Waals surface area contributed by atoms with E-state index in [1.54, 1.807) is 28.9 Å². The minimum atomic E-state index is -0.666. The monoisotopic (exact) mass is 487 g/mol. The maximum atomic E-state index is 13.9. The van der Waals surface area contributed by atoms with Gasteiger partial charge in [-0.25, -0.2) is 13.5 Å². The number of rotatable bonds is 11. The molecule has 1 atom stereocenters. The van der Waals surface area contributed by atoms with Crippen LogP contribution in [-0.2, 0) is 11.3 Å². The summed E-state index contributed by atoms with van der Waals surface area (Å²) in [5, 5.41) is 15.3. The Morgan fingerprint density at radius 3 is 2.43 bits per heavy atom. The van der Waals surface area contributed by atoms with Crippen molar-refractivity contribution in [1.82, 2.24) is 14.7 Å². The van der Waals surface area contributed by atoms with Crippen LogP contribution >= 0.6 is 0 Å². The zero-order valence-electron chi connectivity index (χ0n) is 21.1. The molecule has 0 spiro atoms. The van der Waals surface area contributed by atoms with Crippen molar-refractivity contribution in [2.75, 3.05) is 19.7 Å². The van der Waals surface area contributed by atoms with Gasteiger partial charge in [0.2, 0.25) is 5.88 Å². The van der Waals surface area contributed by atoms with Crippen LogP contribution in [0.1, 0.15) is 45.4 Å². The van der Waals surface area contributed by atoms with Crippen LogP contribution < -0.4 is 4.74 Å². The SMILES string of the molecule is CCCN(Cc1c(C)nn(-c2ccc(F)cc2)c1Oc1cccc(F)c1)CC(O)COC(C)(C)C. The zero-order chi connectivity index (χ0) is 25.6. The van der Waals surface area contributed by atoms with Gasteiger partial charge in [0.05, 0.1) is 35.3 Å². The maximum absolute atomic E-state index is 13.9. The van der Waals surface area contributed by atoms with Crippen LogP contribution in [0.15, 0.2) is 48.5 Å². The molecule has 190 valence electrons. The summed E-state index contributed by atoms with van der Waals surface area (Å²) in [5.74, 6) is -0.0226. The van der Waals surface area contributed by atoms with Crippen LogP contribution in [0.5, 0.6) is 11.6 Å². The van der Waals surface area contributed by atoms with Crippen LogP contribution in [-0.4, -0.2) is 51.2 Å². The van der Waals surface area contributed by atoms with E-state index in [1.165, 1.54) is 24.3 Å². The van der Waals surface area contributed by atoms with Crippen molar-refractivity contribution in [3.63, 3.8) is 0 Å². The Morgan fingerprint density at radius 1 is 1.09 bits per heavy atom. The lowest BCUT2D eigenvalue weighted by Crippen LogP contribution is -2.37. The van der Waals surface area contributed by atoms with Crippen LogP contribution in [0.4, 0.5) is 8.78 Å². The van der Waals surface area contributed by atoms with Crippen molar-refractivity contribution in [3.05, 3.63) is 71.4 Å². The number of aromatic nitrogens is 2.